The van der Waals surface area contributed by atoms with Crippen LogP contribution in [0.1, 0.15) is 11.1 Å². The van der Waals surface area contributed by atoms with E-state index in [1.165, 1.54) is 18.2 Å². The van der Waals surface area contributed by atoms with Gasteiger partial charge in [-0.3, -0.25) is 4.72 Å². The average molecular weight is 312 g/mol. The molecule has 4 nitrogen and oxygen atoms in total. The van der Waals surface area contributed by atoms with E-state index >= 15 is 0 Å². The molecule has 2 rings (SSSR count). The second-order valence-corrected chi connectivity index (χ2v) is 6.51. The van der Waals surface area contributed by atoms with E-state index in [9.17, 15) is 13.5 Å². The summed E-state index contributed by atoms with van der Waals surface area (Å²) in [5.74, 6) is 0.0673. The van der Waals surface area contributed by atoms with E-state index in [1.54, 1.807) is 32.0 Å². The quantitative estimate of drug-likeness (QED) is 0.853. The molecule has 0 aliphatic rings. The van der Waals surface area contributed by atoms with Gasteiger partial charge in [-0.1, -0.05) is 29.8 Å². The minimum Gasteiger partial charge on any atom is -0.507 e. The third kappa shape index (κ3) is 2.73. The Morgan fingerprint density at radius 3 is 2.35 bits per heavy atom. The Morgan fingerprint density at radius 2 is 1.75 bits per heavy atom. The van der Waals surface area contributed by atoms with E-state index in [2.05, 4.69) is 4.72 Å². The number of halogens is 1. The monoisotopic (exact) mass is 311 g/mol. The number of hydrogen-bond donors (Lipinski definition) is 2. The second kappa shape index (κ2) is 5.34. The Hall–Kier alpha value is -1.72. The zero-order valence-electron chi connectivity index (χ0n) is 11.0. The molecule has 20 heavy (non-hydrogen) atoms. The fourth-order valence-corrected chi connectivity index (χ4v) is 3.16. The third-order valence-corrected chi connectivity index (χ3v) is 4.82. The molecule has 0 bridgehead atoms. The Balaban J connectivity index is 2.46. The van der Waals surface area contributed by atoms with Crippen LogP contribution >= 0.6 is 11.6 Å². The van der Waals surface area contributed by atoms with Gasteiger partial charge in [0.25, 0.3) is 10.0 Å². The van der Waals surface area contributed by atoms with Crippen LogP contribution in [-0.2, 0) is 10.0 Å². The molecule has 0 unspecified atom stereocenters. The molecule has 6 heteroatoms. The van der Waals surface area contributed by atoms with Gasteiger partial charge in [0.15, 0.2) is 0 Å². The fraction of sp³-hybridized carbons (Fsp3) is 0.143. The maximum Gasteiger partial charge on any atom is 0.261 e. The van der Waals surface area contributed by atoms with Crippen LogP contribution in [0.25, 0.3) is 0 Å². The van der Waals surface area contributed by atoms with Gasteiger partial charge >= 0.3 is 0 Å². The van der Waals surface area contributed by atoms with Gasteiger partial charge in [0.1, 0.15) is 5.75 Å². The summed E-state index contributed by atoms with van der Waals surface area (Å²) < 4.78 is 26.9. The van der Waals surface area contributed by atoms with Crippen LogP contribution in [0.4, 0.5) is 5.69 Å². The second-order valence-electron chi connectivity index (χ2n) is 4.45. The van der Waals surface area contributed by atoms with Crippen molar-refractivity contribution in [1.29, 1.82) is 0 Å². The van der Waals surface area contributed by atoms with Crippen molar-refractivity contribution in [3.63, 3.8) is 0 Å². The molecule has 0 saturated carbocycles. The molecule has 0 aliphatic carbocycles. The van der Waals surface area contributed by atoms with E-state index in [0.717, 1.165) is 0 Å². The van der Waals surface area contributed by atoms with Crippen LogP contribution in [-0.4, -0.2) is 13.5 Å². The van der Waals surface area contributed by atoms with Crippen LogP contribution in [0.5, 0.6) is 5.75 Å². The summed E-state index contributed by atoms with van der Waals surface area (Å²) in [6.45, 7) is 3.31. The molecule has 0 heterocycles. The van der Waals surface area contributed by atoms with Gasteiger partial charge in [0.2, 0.25) is 0 Å². The predicted molar refractivity (Wildman–Crippen MR) is 79.8 cm³/mol. The summed E-state index contributed by atoms with van der Waals surface area (Å²) in [6, 6.07) is 9.52. The zero-order chi connectivity index (χ0) is 14.9. The number of benzene rings is 2. The lowest BCUT2D eigenvalue weighted by atomic mass is 10.1. The van der Waals surface area contributed by atoms with Gasteiger partial charge < -0.3 is 5.11 Å². The normalized spacial score (nSPS) is 11.3. The van der Waals surface area contributed by atoms with Crippen molar-refractivity contribution in [1.82, 2.24) is 0 Å². The van der Waals surface area contributed by atoms with E-state index in [-0.39, 0.29) is 21.4 Å². The number of phenolic OH excluding ortho intramolecular Hbond substituents is 1. The molecule has 0 aliphatic heterocycles. The highest BCUT2D eigenvalue weighted by atomic mass is 35.5. The molecule has 0 aromatic heterocycles. The standard InChI is InChI=1S/C14H14ClNO3S/c1-9-8-12(13(15)10(2)14(9)17)16-20(18,19)11-6-4-3-5-7-11/h3-8,16-17H,1-2H3. The number of sulfonamides is 1. The lowest BCUT2D eigenvalue weighted by molar-refractivity contribution is 0.467. The molecule has 2 N–H and O–H groups in total. The van der Waals surface area contributed by atoms with Crippen molar-refractivity contribution in [2.75, 3.05) is 4.72 Å². The first-order chi connectivity index (χ1) is 9.33. The molecule has 0 amide bonds. The largest absolute Gasteiger partial charge is 0.507 e. The summed E-state index contributed by atoms with van der Waals surface area (Å²) in [7, 11) is -3.70. The van der Waals surface area contributed by atoms with Gasteiger partial charge in [-0.2, -0.15) is 0 Å². The maximum atomic E-state index is 12.2. The number of aryl methyl sites for hydroxylation is 1. The van der Waals surface area contributed by atoms with E-state index in [4.69, 9.17) is 11.6 Å². The molecule has 106 valence electrons. The first-order valence-electron chi connectivity index (χ1n) is 5.89. The fourth-order valence-electron chi connectivity index (χ4n) is 1.83. The van der Waals surface area contributed by atoms with Gasteiger partial charge in [0.05, 0.1) is 15.6 Å². The molecule has 0 atom stereocenters. The van der Waals surface area contributed by atoms with Crippen molar-refractivity contribution < 1.29 is 13.5 Å². The van der Waals surface area contributed by atoms with Gasteiger partial charge in [-0.15, -0.1) is 0 Å². The van der Waals surface area contributed by atoms with Gasteiger partial charge in [0, 0.05) is 5.56 Å². The summed E-state index contributed by atoms with van der Waals surface area (Å²) in [5.41, 5.74) is 1.25. The average Bonchev–Trinajstić information content (AvgIpc) is 2.43. The lowest BCUT2D eigenvalue weighted by Gasteiger charge is -2.13. The van der Waals surface area contributed by atoms with Crippen molar-refractivity contribution in [3.05, 3.63) is 52.5 Å². The number of hydrogen-bond acceptors (Lipinski definition) is 3. The lowest BCUT2D eigenvalue weighted by Crippen LogP contribution is -2.13. The summed E-state index contributed by atoms with van der Waals surface area (Å²) in [6.07, 6.45) is 0. The van der Waals surface area contributed by atoms with E-state index < -0.39 is 10.0 Å². The smallest absolute Gasteiger partial charge is 0.261 e. The molecule has 0 fully saturated rings. The van der Waals surface area contributed by atoms with Crippen molar-refractivity contribution in [2.24, 2.45) is 0 Å². The van der Waals surface area contributed by atoms with Crippen LogP contribution in [0.3, 0.4) is 0 Å². The van der Waals surface area contributed by atoms with Crippen LogP contribution in [0.2, 0.25) is 5.02 Å². The van der Waals surface area contributed by atoms with E-state index in [1.807, 2.05) is 0 Å². The Labute approximate surface area is 123 Å². The van der Waals surface area contributed by atoms with Crippen molar-refractivity contribution >= 4 is 27.3 Å². The summed E-state index contributed by atoms with van der Waals surface area (Å²) >= 11 is 6.08. The zero-order valence-corrected chi connectivity index (χ0v) is 12.6. The van der Waals surface area contributed by atoms with Crippen LogP contribution < -0.4 is 4.72 Å². The number of rotatable bonds is 3. The van der Waals surface area contributed by atoms with Crippen LogP contribution in [0.15, 0.2) is 41.3 Å². The number of nitrogens with one attached hydrogen (secondary N) is 1. The Morgan fingerprint density at radius 1 is 1.15 bits per heavy atom. The number of phenols is 1. The first kappa shape index (κ1) is 14.7. The van der Waals surface area contributed by atoms with Crippen molar-refractivity contribution in [2.45, 2.75) is 18.7 Å². The van der Waals surface area contributed by atoms with Crippen molar-refractivity contribution in [3.8, 4) is 5.75 Å². The van der Waals surface area contributed by atoms with Gasteiger partial charge in [-0.25, -0.2) is 8.42 Å². The highest BCUT2D eigenvalue weighted by Gasteiger charge is 2.18. The topological polar surface area (TPSA) is 66.4 Å². The Kier molecular flexibility index (Phi) is 3.92. The number of aromatic hydroxyl groups is 1. The molecular formula is C14H14ClNO3S. The molecule has 0 radical (unpaired) electrons. The van der Waals surface area contributed by atoms with Gasteiger partial charge in [-0.05, 0) is 37.6 Å². The SMILES string of the molecule is Cc1cc(NS(=O)(=O)c2ccccc2)c(Cl)c(C)c1O. The Bertz CT molecular complexity index is 743. The molecule has 2 aromatic carbocycles. The minimum absolute atomic E-state index is 0.0673. The highest BCUT2D eigenvalue weighted by molar-refractivity contribution is 7.92. The van der Waals surface area contributed by atoms with Crippen LogP contribution in [0, 0.1) is 13.8 Å². The highest BCUT2D eigenvalue weighted by Crippen LogP contribution is 2.35. The third-order valence-electron chi connectivity index (χ3n) is 2.95. The first-order valence-corrected chi connectivity index (χ1v) is 7.75. The summed E-state index contributed by atoms with van der Waals surface area (Å²) in [4.78, 5) is 0.152. The predicted octanol–water partition coefficient (Wildman–Crippen LogP) is 3.46. The minimum atomic E-state index is -3.70. The molecule has 0 spiro atoms. The summed E-state index contributed by atoms with van der Waals surface area (Å²) in [5, 5.41) is 9.95. The van der Waals surface area contributed by atoms with E-state index in [0.29, 0.717) is 11.1 Å². The number of anilines is 1. The maximum absolute atomic E-state index is 12.2. The molecule has 2 aromatic rings. The molecular weight excluding hydrogens is 298 g/mol. The molecule has 0 saturated heterocycles.